The minimum absolute atomic E-state index is 0.105. The molecule has 0 spiro atoms. The van der Waals surface area contributed by atoms with Crippen LogP contribution in [0.25, 0.3) is 0 Å². The van der Waals surface area contributed by atoms with E-state index in [1.807, 2.05) is 0 Å². The Kier molecular flexibility index (Phi) is 2.87. The molecule has 2 aliphatic heterocycles. The maximum absolute atomic E-state index is 12.3. The van der Waals surface area contributed by atoms with Gasteiger partial charge in [0.25, 0.3) is 0 Å². The SMILES string of the molecule is NC1(C(=O)NC2CCN3CCCC23)CCCC1. The summed E-state index contributed by atoms with van der Waals surface area (Å²) in [6, 6.07) is 0.940. The molecule has 1 amide bonds. The summed E-state index contributed by atoms with van der Waals surface area (Å²) < 4.78 is 0. The molecule has 4 nitrogen and oxygen atoms in total. The lowest BCUT2D eigenvalue weighted by molar-refractivity contribution is -0.127. The molecule has 0 radical (unpaired) electrons. The van der Waals surface area contributed by atoms with Gasteiger partial charge in [0, 0.05) is 18.6 Å². The molecular formula is C13H23N3O. The zero-order valence-electron chi connectivity index (χ0n) is 10.5. The largest absolute Gasteiger partial charge is 0.350 e. The Morgan fingerprint density at radius 3 is 2.71 bits per heavy atom. The molecule has 2 unspecified atom stereocenters. The summed E-state index contributed by atoms with van der Waals surface area (Å²) in [6.07, 6.45) is 7.55. The second-order valence-corrected chi connectivity index (χ2v) is 5.98. The predicted molar refractivity (Wildman–Crippen MR) is 66.5 cm³/mol. The molecule has 2 atom stereocenters. The molecular weight excluding hydrogens is 214 g/mol. The van der Waals surface area contributed by atoms with Crippen LogP contribution in [0.1, 0.15) is 44.9 Å². The van der Waals surface area contributed by atoms with Crippen molar-refractivity contribution in [1.29, 1.82) is 0 Å². The normalized spacial score (nSPS) is 36.1. The molecule has 17 heavy (non-hydrogen) atoms. The first-order chi connectivity index (χ1) is 8.19. The molecule has 3 rings (SSSR count). The summed E-state index contributed by atoms with van der Waals surface area (Å²) in [4.78, 5) is 14.8. The van der Waals surface area contributed by atoms with Crippen molar-refractivity contribution < 1.29 is 4.79 Å². The topological polar surface area (TPSA) is 58.4 Å². The lowest BCUT2D eigenvalue weighted by Crippen LogP contribution is -2.56. The number of nitrogens with two attached hydrogens (primary N) is 1. The zero-order valence-corrected chi connectivity index (χ0v) is 10.5. The molecule has 3 fully saturated rings. The first-order valence-electron chi connectivity index (χ1n) is 7.03. The quantitative estimate of drug-likeness (QED) is 0.740. The van der Waals surface area contributed by atoms with Crippen molar-refractivity contribution >= 4 is 5.91 Å². The van der Waals surface area contributed by atoms with E-state index < -0.39 is 5.54 Å². The molecule has 0 aromatic rings. The summed E-state index contributed by atoms with van der Waals surface area (Å²) in [7, 11) is 0. The summed E-state index contributed by atoms with van der Waals surface area (Å²) in [6.45, 7) is 2.36. The van der Waals surface area contributed by atoms with Crippen molar-refractivity contribution in [2.24, 2.45) is 5.73 Å². The second-order valence-electron chi connectivity index (χ2n) is 5.98. The Hall–Kier alpha value is -0.610. The van der Waals surface area contributed by atoms with Gasteiger partial charge in [-0.05, 0) is 38.6 Å². The van der Waals surface area contributed by atoms with Crippen molar-refractivity contribution in [2.45, 2.75) is 62.6 Å². The van der Waals surface area contributed by atoms with Gasteiger partial charge in [-0.2, -0.15) is 0 Å². The van der Waals surface area contributed by atoms with Crippen LogP contribution < -0.4 is 11.1 Å². The molecule has 3 N–H and O–H groups in total. The fraction of sp³-hybridized carbons (Fsp3) is 0.923. The van der Waals surface area contributed by atoms with Gasteiger partial charge in [0.1, 0.15) is 0 Å². The van der Waals surface area contributed by atoms with Gasteiger partial charge >= 0.3 is 0 Å². The molecule has 4 heteroatoms. The first-order valence-corrected chi connectivity index (χ1v) is 7.03. The summed E-state index contributed by atoms with van der Waals surface area (Å²) in [5, 5.41) is 3.23. The highest BCUT2D eigenvalue weighted by atomic mass is 16.2. The predicted octanol–water partition coefficient (Wildman–Crippen LogP) is 0.611. The van der Waals surface area contributed by atoms with Crippen molar-refractivity contribution in [2.75, 3.05) is 13.1 Å². The third kappa shape index (κ3) is 1.97. The fourth-order valence-electron chi connectivity index (χ4n) is 3.80. The smallest absolute Gasteiger partial charge is 0.240 e. The number of carbonyl (C=O) groups excluding carboxylic acids is 1. The maximum atomic E-state index is 12.3. The zero-order chi connectivity index (χ0) is 11.9. The van der Waals surface area contributed by atoms with Crippen LogP contribution in [0.5, 0.6) is 0 Å². The number of fused-ring (bicyclic) bond motifs is 1. The van der Waals surface area contributed by atoms with Crippen LogP contribution in [0.2, 0.25) is 0 Å². The van der Waals surface area contributed by atoms with E-state index >= 15 is 0 Å². The monoisotopic (exact) mass is 237 g/mol. The Labute approximate surface area is 103 Å². The lowest BCUT2D eigenvalue weighted by atomic mass is 9.96. The Morgan fingerprint density at radius 2 is 1.94 bits per heavy atom. The third-order valence-corrected chi connectivity index (χ3v) is 4.87. The highest BCUT2D eigenvalue weighted by molar-refractivity contribution is 5.86. The highest BCUT2D eigenvalue weighted by Crippen LogP contribution is 2.30. The van der Waals surface area contributed by atoms with Crippen LogP contribution in [0, 0.1) is 0 Å². The molecule has 3 aliphatic rings. The van der Waals surface area contributed by atoms with Crippen LogP contribution in [0.4, 0.5) is 0 Å². The highest BCUT2D eigenvalue weighted by Gasteiger charge is 2.42. The van der Waals surface area contributed by atoms with E-state index in [1.165, 1.54) is 19.4 Å². The van der Waals surface area contributed by atoms with Crippen LogP contribution >= 0.6 is 0 Å². The standard InChI is InChI=1S/C13H23N3O/c14-13(6-1-2-7-13)12(17)15-10-5-9-16-8-3-4-11(10)16/h10-11H,1-9,14H2,(H,15,17). The summed E-state index contributed by atoms with van der Waals surface area (Å²) in [5.41, 5.74) is 5.63. The van der Waals surface area contributed by atoms with Crippen molar-refractivity contribution in [3.05, 3.63) is 0 Å². The van der Waals surface area contributed by atoms with Crippen LogP contribution in [0.3, 0.4) is 0 Å². The fourth-order valence-corrected chi connectivity index (χ4v) is 3.80. The number of nitrogens with zero attached hydrogens (tertiary/aromatic N) is 1. The molecule has 0 bridgehead atoms. The van der Waals surface area contributed by atoms with Crippen LogP contribution in [-0.4, -0.2) is 41.5 Å². The van der Waals surface area contributed by atoms with Gasteiger partial charge in [0.05, 0.1) is 5.54 Å². The van der Waals surface area contributed by atoms with Gasteiger partial charge in [-0.15, -0.1) is 0 Å². The number of hydrogen-bond donors (Lipinski definition) is 2. The second kappa shape index (κ2) is 4.25. The van der Waals surface area contributed by atoms with E-state index in [0.29, 0.717) is 12.1 Å². The van der Waals surface area contributed by atoms with E-state index in [0.717, 1.165) is 38.6 Å². The average Bonchev–Trinajstić information content (AvgIpc) is 2.97. The number of carbonyl (C=O) groups is 1. The number of amides is 1. The van der Waals surface area contributed by atoms with Gasteiger partial charge in [0.15, 0.2) is 0 Å². The average molecular weight is 237 g/mol. The summed E-state index contributed by atoms with van der Waals surface area (Å²) in [5.74, 6) is 0.105. The van der Waals surface area contributed by atoms with Gasteiger partial charge in [-0.3, -0.25) is 9.69 Å². The van der Waals surface area contributed by atoms with Crippen molar-refractivity contribution in [3.8, 4) is 0 Å². The Bertz CT molecular complexity index is 312. The van der Waals surface area contributed by atoms with Crippen molar-refractivity contribution in [3.63, 3.8) is 0 Å². The lowest BCUT2D eigenvalue weighted by Gasteiger charge is -2.27. The van der Waals surface area contributed by atoms with E-state index in [4.69, 9.17) is 5.73 Å². The number of rotatable bonds is 2. The molecule has 1 aliphatic carbocycles. The van der Waals surface area contributed by atoms with Crippen molar-refractivity contribution in [1.82, 2.24) is 10.2 Å². The molecule has 1 saturated carbocycles. The van der Waals surface area contributed by atoms with Crippen LogP contribution in [0.15, 0.2) is 0 Å². The Morgan fingerprint density at radius 1 is 1.18 bits per heavy atom. The molecule has 2 saturated heterocycles. The van der Waals surface area contributed by atoms with Gasteiger partial charge in [-0.1, -0.05) is 12.8 Å². The van der Waals surface area contributed by atoms with Gasteiger partial charge in [-0.25, -0.2) is 0 Å². The van der Waals surface area contributed by atoms with Gasteiger partial charge < -0.3 is 11.1 Å². The summed E-state index contributed by atoms with van der Waals surface area (Å²) >= 11 is 0. The van der Waals surface area contributed by atoms with Gasteiger partial charge in [0.2, 0.25) is 5.91 Å². The van der Waals surface area contributed by atoms with E-state index in [9.17, 15) is 4.79 Å². The molecule has 96 valence electrons. The molecule has 2 heterocycles. The number of hydrogen-bond acceptors (Lipinski definition) is 3. The van der Waals surface area contributed by atoms with Crippen LogP contribution in [-0.2, 0) is 4.79 Å². The van der Waals surface area contributed by atoms with E-state index in [-0.39, 0.29) is 5.91 Å². The first kappa shape index (κ1) is 11.5. The Balaban J connectivity index is 1.61. The molecule has 0 aromatic carbocycles. The minimum Gasteiger partial charge on any atom is -0.350 e. The minimum atomic E-state index is -0.563. The number of nitrogens with one attached hydrogen (secondary N) is 1. The van der Waals surface area contributed by atoms with E-state index in [2.05, 4.69) is 10.2 Å². The van der Waals surface area contributed by atoms with E-state index in [1.54, 1.807) is 0 Å². The maximum Gasteiger partial charge on any atom is 0.240 e. The molecule has 0 aromatic heterocycles. The third-order valence-electron chi connectivity index (χ3n) is 4.87.